The summed E-state index contributed by atoms with van der Waals surface area (Å²) >= 11 is 12.2. The number of ether oxygens (including phenoxy) is 1. The molecule has 0 heterocycles. The second kappa shape index (κ2) is 8.37. The average Bonchev–Trinajstić information content (AvgIpc) is 2.57. The van der Waals surface area contributed by atoms with Crippen molar-refractivity contribution >= 4 is 50.5 Å². The van der Waals surface area contributed by atoms with Crippen LogP contribution in [0.4, 0.5) is 11.4 Å². The predicted molar refractivity (Wildman–Crippen MR) is 110 cm³/mol. The van der Waals surface area contributed by atoms with Crippen molar-refractivity contribution in [3.05, 3.63) is 52.0 Å². The molecule has 2 aromatic rings. The van der Waals surface area contributed by atoms with Gasteiger partial charge in [-0.05, 0) is 49.7 Å². The van der Waals surface area contributed by atoms with Gasteiger partial charge in [-0.15, -0.1) is 0 Å². The number of halogens is 2. The van der Waals surface area contributed by atoms with E-state index in [1.165, 1.54) is 26.2 Å². The van der Waals surface area contributed by atoms with Gasteiger partial charge in [0.05, 0.1) is 24.1 Å². The van der Waals surface area contributed by atoms with Crippen molar-refractivity contribution in [2.24, 2.45) is 0 Å². The van der Waals surface area contributed by atoms with Gasteiger partial charge in [-0.3, -0.25) is 9.10 Å². The largest absolute Gasteiger partial charge is 0.495 e. The Bertz CT molecular complexity index is 964. The van der Waals surface area contributed by atoms with Crippen molar-refractivity contribution in [3.63, 3.8) is 0 Å². The minimum atomic E-state index is -3.76. The van der Waals surface area contributed by atoms with Crippen LogP contribution in [0.1, 0.15) is 12.5 Å². The lowest BCUT2D eigenvalue weighted by molar-refractivity contribution is -0.116. The van der Waals surface area contributed by atoms with Crippen molar-refractivity contribution < 1.29 is 17.9 Å². The number of nitrogens with zero attached hydrogens (tertiary/aromatic N) is 1. The van der Waals surface area contributed by atoms with E-state index in [0.29, 0.717) is 16.5 Å². The monoisotopic (exact) mass is 430 g/mol. The normalized spacial score (nSPS) is 12.4. The van der Waals surface area contributed by atoms with Crippen molar-refractivity contribution in [3.8, 4) is 5.75 Å². The topological polar surface area (TPSA) is 75.7 Å². The molecule has 0 aliphatic carbocycles. The first kappa shape index (κ1) is 21.3. The van der Waals surface area contributed by atoms with E-state index in [1.54, 1.807) is 24.3 Å². The molecule has 9 heteroatoms. The molecule has 2 aromatic carbocycles. The Hall–Kier alpha value is -1.96. The zero-order chi connectivity index (χ0) is 20.4. The first-order chi connectivity index (χ1) is 12.5. The zero-order valence-corrected chi connectivity index (χ0v) is 17.6. The summed E-state index contributed by atoms with van der Waals surface area (Å²) in [6.45, 7) is 3.33. The number of rotatable bonds is 6. The molecule has 27 heavy (non-hydrogen) atoms. The van der Waals surface area contributed by atoms with Gasteiger partial charge in [0.1, 0.15) is 11.8 Å². The Balaban J connectivity index is 2.34. The minimum absolute atomic E-state index is 0.238. The van der Waals surface area contributed by atoms with Crippen LogP contribution in [0.15, 0.2) is 36.4 Å². The number of carbonyl (C=O) groups is 1. The fraction of sp³-hybridized carbons (Fsp3) is 0.278. The number of nitrogens with one attached hydrogen (secondary N) is 1. The van der Waals surface area contributed by atoms with Crippen LogP contribution in [0.3, 0.4) is 0 Å². The third-order valence-corrected chi connectivity index (χ3v) is 5.86. The fourth-order valence-corrected chi connectivity index (χ4v) is 4.12. The van der Waals surface area contributed by atoms with Gasteiger partial charge >= 0.3 is 0 Å². The van der Waals surface area contributed by atoms with Crippen molar-refractivity contribution in [2.75, 3.05) is 23.0 Å². The lowest BCUT2D eigenvalue weighted by Crippen LogP contribution is -2.45. The zero-order valence-electron chi connectivity index (χ0n) is 15.3. The Morgan fingerprint density at radius 1 is 1.15 bits per heavy atom. The molecule has 0 aliphatic rings. The summed E-state index contributed by atoms with van der Waals surface area (Å²) < 4.78 is 30.8. The number of hydrogen-bond donors (Lipinski definition) is 1. The van der Waals surface area contributed by atoms with E-state index in [9.17, 15) is 13.2 Å². The Labute approximate surface area is 169 Å². The van der Waals surface area contributed by atoms with Gasteiger partial charge in [0, 0.05) is 10.7 Å². The summed E-state index contributed by atoms with van der Waals surface area (Å²) in [6.07, 6.45) is 1.03. The first-order valence-corrected chi connectivity index (χ1v) is 10.5. The highest BCUT2D eigenvalue weighted by Crippen LogP contribution is 2.31. The number of sulfonamides is 1. The van der Waals surface area contributed by atoms with Crippen LogP contribution in [0.5, 0.6) is 5.75 Å². The third-order valence-electron chi connectivity index (χ3n) is 3.92. The number of aryl methyl sites for hydroxylation is 1. The van der Waals surface area contributed by atoms with Crippen LogP contribution in [0.2, 0.25) is 10.0 Å². The Kier molecular flexibility index (Phi) is 6.62. The second-order valence-corrected chi connectivity index (χ2v) is 8.68. The van der Waals surface area contributed by atoms with E-state index in [4.69, 9.17) is 27.9 Å². The van der Waals surface area contributed by atoms with E-state index >= 15 is 0 Å². The molecule has 1 atom stereocenters. The van der Waals surface area contributed by atoms with E-state index in [0.717, 1.165) is 16.1 Å². The molecule has 0 spiro atoms. The van der Waals surface area contributed by atoms with E-state index in [1.807, 2.05) is 6.92 Å². The number of anilines is 2. The van der Waals surface area contributed by atoms with Gasteiger partial charge in [-0.1, -0.05) is 29.3 Å². The standard InChI is InChI=1S/C18H20Cl2N2O4S/c1-11-5-6-13(9-15(11)19)21-18(23)12(2)22(27(4,24)25)14-7-8-17(26-3)16(20)10-14/h5-10,12H,1-4H3,(H,21,23)/t12-/m0/s1. The van der Waals surface area contributed by atoms with Crippen LogP contribution in [-0.2, 0) is 14.8 Å². The third kappa shape index (κ3) is 5.06. The Morgan fingerprint density at radius 2 is 1.81 bits per heavy atom. The minimum Gasteiger partial charge on any atom is -0.495 e. The number of benzene rings is 2. The molecule has 0 fully saturated rings. The van der Waals surface area contributed by atoms with Gasteiger partial charge in [-0.25, -0.2) is 8.42 Å². The highest BCUT2D eigenvalue weighted by molar-refractivity contribution is 7.92. The maximum atomic E-state index is 12.7. The summed E-state index contributed by atoms with van der Waals surface area (Å²) in [5.41, 5.74) is 1.60. The molecule has 0 saturated heterocycles. The van der Waals surface area contributed by atoms with Crippen LogP contribution >= 0.6 is 23.2 Å². The van der Waals surface area contributed by atoms with Gasteiger partial charge in [0.25, 0.3) is 0 Å². The second-order valence-electron chi connectivity index (χ2n) is 6.01. The number of methoxy groups -OCH3 is 1. The predicted octanol–water partition coefficient (Wildman–Crippen LogP) is 4.10. The highest BCUT2D eigenvalue weighted by atomic mass is 35.5. The molecule has 146 valence electrons. The molecular formula is C18H20Cl2N2O4S. The molecule has 0 unspecified atom stereocenters. The summed E-state index contributed by atoms with van der Waals surface area (Å²) in [6, 6.07) is 8.55. The van der Waals surface area contributed by atoms with Crippen LogP contribution in [-0.4, -0.2) is 33.7 Å². The number of carbonyl (C=O) groups excluding carboxylic acids is 1. The first-order valence-electron chi connectivity index (χ1n) is 7.94. The van der Waals surface area contributed by atoms with E-state index in [-0.39, 0.29) is 10.7 Å². The van der Waals surface area contributed by atoms with Gasteiger partial charge in [0.2, 0.25) is 15.9 Å². The van der Waals surface area contributed by atoms with Gasteiger partial charge in [-0.2, -0.15) is 0 Å². The molecule has 0 bridgehead atoms. The SMILES string of the molecule is COc1ccc(N([C@@H](C)C(=O)Nc2ccc(C)c(Cl)c2)S(C)(=O)=O)cc1Cl. The fourth-order valence-electron chi connectivity index (χ4n) is 2.52. The highest BCUT2D eigenvalue weighted by Gasteiger charge is 2.29. The molecule has 1 amide bonds. The summed E-state index contributed by atoms with van der Waals surface area (Å²) in [7, 11) is -2.30. The summed E-state index contributed by atoms with van der Waals surface area (Å²) in [5.74, 6) is -0.104. The average molecular weight is 431 g/mol. The van der Waals surface area contributed by atoms with Gasteiger partial charge in [0.15, 0.2) is 0 Å². The number of amides is 1. The molecule has 0 radical (unpaired) electrons. The molecule has 6 nitrogen and oxygen atoms in total. The summed E-state index contributed by atoms with van der Waals surface area (Å²) in [4.78, 5) is 12.7. The smallest absolute Gasteiger partial charge is 0.247 e. The maximum Gasteiger partial charge on any atom is 0.247 e. The van der Waals surface area contributed by atoms with E-state index in [2.05, 4.69) is 5.32 Å². The summed E-state index contributed by atoms with van der Waals surface area (Å²) in [5, 5.41) is 3.42. The molecule has 0 aromatic heterocycles. The van der Waals surface area contributed by atoms with Crippen molar-refractivity contribution in [1.29, 1.82) is 0 Å². The molecule has 0 saturated carbocycles. The van der Waals surface area contributed by atoms with Crippen molar-refractivity contribution in [1.82, 2.24) is 0 Å². The molecular weight excluding hydrogens is 411 g/mol. The Morgan fingerprint density at radius 3 is 2.33 bits per heavy atom. The van der Waals surface area contributed by atoms with Crippen LogP contribution in [0, 0.1) is 6.92 Å². The van der Waals surface area contributed by atoms with Crippen LogP contribution in [0.25, 0.3) is 0 Å². The quantitative estimate of drug-likeness (QED) is 0.747. The van der Waals surface area contributed by atoms with Crippen molar-refractivity contribution in [2.45, 2.75) is 19.9 Å². The maximum absolute atomic E-state index is 12.7. The molecule has 1 N–H and O–H groups in total. The lowest BCUT2D eigenvalue weighted by Gasteiger charge is -2.28. The molecule has 2 rings (SSSR count). The van der Waals surface area contributed by atoms with E-state index < -0.39 is 22.0 Å². The van der Waals surface area contributed by atoms with Crippen LogP contribution < -0.4 is 14.4 Å². The lowest BCUT2D eigenvalue weighted by atomic mass is 10.2. The van der Waals surface area contributed by atoms with Gasteiger partial charge < -0.3 is 10.1 Å². The molecule has 0 aliphatic heterocycles. The number of hydrogen-bond acceptors (Lipinski definition) is 4.